The number of halogens is 2. The summed E-state index contributed by atoms with van der Waals surface area (Å²) in [6.45, 7) is 0. The average Bonchev–Trinajstić information content (AvgIpc) is 2.93. The molecule has 0 amide bonds. The Morgan fingerprint density at radius 2 is 1.50 bits per heavy atom. The molecule has 0 saturated carbocycles. The molecular weight excluding hydrogens is 431 g/mol. The van der Waals surface area contributed by atoms with E-state index >= 15 is 0 Å². The molecule has 4 rings (SSSR count). The highest BCUT2D eigenvalue weighted by molar-refractivity contribution is 7.97. The second kappa shape index (κ2) is 9.28. The van der Waals surface area contributed by atoms with Crippen molar-refractivity contribution in [3.05, 3.63) is 106 Å². The van der Waals surface area contributed by atoms with Crippen LogP contribution in [0.5, 0.6) is 0 Å². The van der Waals surface area contributed by atoms with Crippen molar-refractivity contribution >= 4 is 40.8 Å². The number of nitriles is 1. The van der Waals surface area contributed by atoms with Crippen molar-refractivity contribution in [1.29, 1.82) is 5.26 Å². The Kier molecular flexibility index (Phi) is 3.55. The molecule has 0 spiro atoms. The van der Waals surface area contributed by atoms with Crippen LogP contribution in [-0.4, -0.2) is 0 Å². The van der Waals surface area contributed by atoms with Crippen molar-refractivity contribution < 1.29 is 13.7 Å². The first-order chi connectivity index (χ1) is 18.8. The maximum Gasteiger partial charge on any atom is 0.101 e. The zero-order chi connectivity index (χ0) is 29.6. The molecule has 0 fully saturated rings. The molecule has 0 aliphatic carbocycles. The van der Waals surface area contributed by atoms with Crippen molar-refractivity contribution in [3.63, 3.8) is 0 Å². The van der Waals surface area contributed by atoms with Gasteiger partial charge in [0, 0.05) is 27.4 Å². The molecule has 4 aromatic rings. The van der Waals surface area contributed by atoms with Crippen LogP contribution in [-0.2, 0) is 0 Å². The first-order valence-electron chi connectivity index (χ1n) is 13.4. The van der Waals surface area contributed by atoms with Gasteiger partial charge in [-0.3, -0.25) is 0 Å². The second-order valence-electron chi connectivity index (χ2n) is 5.79. The Labute approximate surface area is 204 Å². The maximum atomic E-state index is 10.1. The number of hydrogen-bond donors (Lipinski definition) is 0. The lowest BCUT2D eigenvalue weighted by Crippen LogP contribution is -1.96. The van der Waals surface area contributed by atoms with E-state index in [-0.39, 0.29) is 38.5 Å². The first kappa shape index (κ1) is 11.5. The van der Waals surface area contributed by atoms with Gasteiger partial charge in [-0.1, -0.05) is 83.6 Å². The monoisotopic (exact) mass is 455 g/mol. The summed E-state index contributed by atoms with van der Waals surface area (Å²) in [7, 11) is 0. The summed E-state index contributed by atoms with van der Waals surface area (Å²) in [5, 5.41) is 10.7. The van der Waals surface area contributed by atoms with E-state index in [1.807, 2.05) is 6.07 Å². The molecule has 0 aliphatic heterocycles. The number of nitrogens with zero attached hydrogens (tertiary/aromatic N) is 2. The van der Waals surface area contributed by atoms with Gasteiger partial charge < -0.3 is 0 Å². The fourth-order valence-corrected chi connectivity index (χ4v) is 3.75. The molecule has 1 radical (unpaired) electrons. The highest BCUT2D eigenvalue weighted by Crippen LogP contribution is 2.39. The number of benzene rings is 4. The van der Waals surface area contributed by atoms with Gasteiger partial charge in [0.1, 0.15) is 6.07 Å². The molecule has 0 aromatic heterocycles. The lowest BCUT2D eigenvalue weighted by Gasteiger charge is -2.14. The van der Waals surface area contributed by atoms with Crippen molar-refractivity contribution in [3.8, 4) is 28.3 Å². The van der Waals surface area contributed by atoms with Gasteiger partial charge in [-0.25, -0.2) is 4.72 Å². The molecule has 4 aromatic carbocycles. The summed E-state index contributed by atoms with van der Waals surface area (Å²) >= 11 is 13.1. The van der Waals surface area contributed by atoms with E-state index in [2.05, 4.69) is 4.72 Å². The Morgan fingerprint density at radius 1 is 0.833 bits per heavy atom. The molecule has 5 heteroatoms. The van der Waals surface area contributed by atoms with Crippen molar-refractivity contribution in [2.24, 2.45) is 0 Å². The van der Waals surface area contributed by atoms with Crippen molar-refractivity contribution in [2.75, 3.05) is 0 Å². The highest BCUT2D eigenvalue weighted by atomic mass is 35.5. The number of rotatable bonds is 5. The normalized spacial score (nSPS) is 15.1. The van der Waals surface area contributed by atoms with Crippen LogP contribution in [0.25, 0.3) is 22.3 Å². The van der Waals surface area contributed by atoms with Gasteiger partial charge in [0.05, 0.1) is 30.0 Å². The minimum atomic E-state index is -0.623. The summed E-state index contributed by atoms with van der Waals surface area (Å²) in [4.78, 5) is 0.455. The Bertz CT molecular complexity index is 1700. The molecule has 0 aliphatic rings. The van der Waals surface area contributed by atoms with Crippen LogP contribution >= 0.6 is 35.1 Å². The summed E-state index contributed by atoms with van der Waals surface area (Å²) in [6, 6.07) is 3.33. The van der Waals surface area contributed by atoms with Crippen molar-refractivity contribution in [1.82, 2.24) is 4.72 Å². The van der Waals surface area contributed by atoms with Gasteiger partial charge in [-0.15, -0.1) is 0 Å². The zero-order valence-corrected chi connectivity index (χ0v) is 17.3. The van der Waals surface area contributed by atoms with Gasteiger partial charge in [-0.05, 0) is 47.0 Å². The van der Waals surface area contributed by atoms with Crippen LogP contribution in [0.2, 0.25) is 10.0 Å². The van der Waals surface area contributed by atoms with Crippen LogP contribution in [0.15, 0.2) is 95.7 Å². The summed E-state index contributed by atoms with van der Waals surface area (Å²) in [6.07, 6.45) is 0. The topological polar surface area (TPSA) is 37.9 Å². The van der Waals surface area contributed by atoms with E-state index in [4.69, 9.17) is 36.9 Å². The third-order valence-electron chi connectivity index (χ3n) is 3.92. The molecule has 0 atom stereocenters. The molecule has 0 N–H and O–H groups in total. The Hall–Kier alpha value is -2.90. The lowest BCUT2D eigenvalue weighted by molar-refractivity contribution is 1.32. The fourth-order valence-electron chi connectivity index (χ4n) is 2.58. The smallest absolute Gasteiger partial charge is 0.101 e. The zero-order valence-electron chi connectivity index (χ0n) is 24.9. The van der Waals surface area contributed by atoms with Crippen LogP contribution < -0.4 is 4.72 Å². The largest absolute Gasteiger partial charge is 0.209 e. The average molecular weight is 456 g/mol. The molecule has 30 heavy (non-hydrogen) atoms. The van der Waals surface area contributed by atoms with Crippen LogP contribution in [0.4, 0.5) is 5.69 Å². The maximum absolute atomic E-state index is 10.1. The van der Waals surface area contributed by atoms with E-state index in [0.717, 1.165) is 11.9 Å². The third-order valence-corrected chi connectivity index (χ3v) is 5.40. The van der Waals surface area contributed by atoms with Crippen LogP contribution in [0.1, 0.15) is 19.3 Å². The summed E-state index contributed by atoms with van der Waals surface area (Å²) < 4.78 is 86.4. The summed E-state index contributed by atoms with van der Waals surface area (Å²) in [5.41, 5.74) is -0.773. The third kappa shape index (κ3) is 4.47. The van der Waals surface area contributed by atoms with E-state index in [1.165, 1.54) is 18.2 Å². The molecule has 0 bridgehead atoms. The van der Waals surface area contributed by atoms with E-state index in [1.54, 1.807) is 12.1 Å². The Morgan fingerprint density at radius 3 is 2.13 bits per heavy atom. The lowest BCUT2D eigenvalue weighted by atomic mass is 9.94. The predicted molar refractivity (Wildman–Crippen MR) is 126 cm³/mol. The predicted octanol–water partition coefficient (Wildman–Crippen LogP) is 8.14. The van der Waals surface area contributed by atoms with Gasteiger partial charge in [0.2, 0.25) is 0 Å². The SMILES string of the molecule is [2H]c1c([2H])c([2H])c(-c2cc(C#N)c([N]Sc3ccc(Cl)cc3Cl)c(-c3c([2H])c([2H])c([2H])c([2H])c3[2H])c2)c([2H])c1[2H]. The molecule has 145 valence electrons. The standard InChI is InChI=1S/C25H15Cl2N2S/c26-21-11-12-24(23(27)15-21)30-29-25-20(16-28)13-19(17-7-3-1-4-8-17)14-22(25)18-9-5-2-6-10-18/h1-15H/i1D,2D,3D,4D,5D,6D,7D,8D,9D,10D. The Balaban J connectivity index is 2.07. The second-order valence-corrected chi connectivity index (χ2v) is 7.44. The van der Waals surface area contributed by atoms with E-state index < -0.39 is 60.4 Å². The first-order valence-corrected chi connectivity index (χ1v) is 9.88. The molecule has 0 saturated heterocycles. The number of hydrogen-bond acceptors (Lipinski definition) is 2. The minimum absolute atomic E-state index is 0.00355. The van der Waals surface area contributed by atoms with Gasteiger partial charge in [0.25, 0.3) is 0 Å². The molecule has 2 nitrogen and oxygen atoms in total. The van der Waals surface area contributed by atoms with Crippen LogP contribution in [0, 0.1) is 11.3 Å². The van der Waals surface area contributed by atoms with Gasteiger partial charge in [0.15, 0.2) is 0 Å². The van der Waals surface area contributed by atoms with E-state index in [9.17, 15) is 5.26 Å². The van der Waals surface area contributed by atoms with Crippen LogP contribution in [0.3, 0.4) is 0 Å². The molecular formula is C25H15Cl2N2S. The minimum Gasteiger partial charge on any atom is -0.209 e. The highest BCUT2D eigenvalue weighted by Gasteiger charge is 2.16. The van der Waals surface area contributed by atoms with Crippen molar-refractivity contribution in [2.45, 2.75) is 4.90 Å². The fraction of sp³-hybridized carbons (Fsp3) is 0. The molecule has 0 unspecified atom stereocenters. The van der Waals surface area contributed by atoms with Gasteiger partial charge >= 0.3 is 0 Å². The molecule has 0 heterocycles. The van der Waals surface area contributed by atoms with E-state index in [0.29, 0.717) is 9.92 Å². The van der Waals surface area contributed by atoms with Gasteiger partial charge in [-0.2, -0.15) is 5.26 Å². The summed E-state index contributed by atoms with van der Waals surface area (Å²) in [5.74, 6) is 0. The quantitative estimate of drug-likeness (QED) is 0.284.